The van der Waals surface area contributed by atoms with E-state index in [1.54, 1.807) is 0 Å². The minimum absolute atomic E-state index is 0.0122. The summed E-state index contributed by atoms with van der Waals surface area (Å²) in [7, 11) is 0. The second kappa shape index (κ2) is 12.1. The number of aryl methyl sites for hydroxylation is 1. The molecule has 0 atom stereocenters. The number of hydrogen-bond donors (Lipinski definition) is 1. The Labute approximate surface area is 180 Å². The number of unbranched alkanes of at least 4 members (excludes halogenated alkanes) is 2. The molecule has 1 saturated carbocycles. The summed E-state index contributed by atoms with van der Waals surface area (Å²) in [6.07, 6.45) is 11.1. The van der Waals surface area contributed by atoms with Crippen LogP contribution in [0.3, 0.4) is 0 Å². The van der Waals surface area contributed by atoms with Crippen molar-refractivity contribution >= 4 is 0 Å². The molecule has 0 bridgehead atoms. The molecule has 1 aromatic rings. The van der Waals surface area contributed by atoms with E-state index < -0.39 is 11.6 Å². The maximum atomic E-state index is 14.1. The average Bonchev–Trinajstić information content (AvgIpc) is 2.76. The van der Waals surface area contributed by atoms with Gasteiger partial charge in [-0.05, 0) is 68.6 Å². The van der Waals surface area contributed by atoms with Gasteiger partial charge in [0.15, 0.2) is 6.29 Å². The number of hydrogen-bond acceptors (Lipinski definition) is 3. The van der Waals surface area contributed by atoms with Crippen LogP contribution in [0, 0.1) is 29.4 Å². The van der Waals surface area contributed by atoms with E-state index in [1.165, 1.54) is 37.8 Å². The molecule has 0 radical (unpaired) electrons. The van der Waals surface area contributed by atoms with Crippen molar-refractivity contribution in [1.29, 1.82) is 0 Å². The van der Waals surface area contributed by atoms with E-state index in [9.17, 15) is 8.78 Å². The topological polar surface area (TPSA) is 38.7 Å². The van der Waals surface area contributed by atoms with Gasteiger partial charge in [-0.2, -0.15) is 0 Å². The van der Waals surface area contributed by atoms with Crippen molar-refractivity contribution in [3.05, 3.63) is 34.9 Å². The lowest BCUT2D eigenvalue weighted by molar-refractivity contribution is -0.230. The summed E-state index contributed by atoms with van der Waals surface area (Å²) in [4.78, 5) is 0. The number of benzene rings is 1. The van der Waals surface area contributed by atoms with E-state index in [0.717, 1.165) is 45.3 Å². The van der Waals surface area contributed by atoms with Crippen molar-refractivity contribution < 1.29 is 23.4 Å². The fourth-order valence-electron chi connectivity index (χ4n) is 4.95. The zero-order valence-corrected chi connectivity index (χ0v) is 18.4. The molecule has 1 aliphatic heterocycles. The number of aliphatic hydroxyl groups is 1. The molecule has 1 heterocycles. The van der Waals surface area contributed by atoms with Gasteiger partial charge < -0.3 is 14.6 Å². The highest BCUT2D eigenvalue weighted by molar-refractivity contribution is 5.26. The lowest BCUT2D eigenvalue weighted by Gasteiger charge is -2.37. The van der Waals surface area contributed by atoms with Crippen molar-refractivity contribution in [2.45, 2.75) is 83.8 Å². The monoisotopic (exact) mass is 424 g/mol. The number of ether oxygens (including phenoxy) is 2. The second-order valence-electron chi connectivity index (χ2n) is 9.23. The Kier molecular flexibility index (Phi) is 9.54. The maximum absolute atomic E-state index is 14.1. The first-order valence-electron chi connectivity index (χ1n) is 11.9. The summed E-state index contributed by atoms with van der Waals surface area (Å²) >= 11 is 0. The molecule has 1 saturated heterocycles. The maximum Gasteiger partial charge on any atom is 0.160 e. The van der Waals surface area contributed by atoms with Gasteiger partial charge in [0.2, 0.25) is 0 Å². The summed E-state index contributed by atoms with van der Waals surface area (Å²) in [6, 6.07) is 2.86. The lowest BCUT2D eigenvalue weighted by Crippen LogP contribution is -2.38. The predicted octanol–water partition coefficient (Wildman–Crippen LogP) is 5.81. The zero-order chi connectivity index (χ0) is 21.3. The lowest BCUT2D eigenvalue weighted by atomic mass is 9.79. The highest BCUT2D eigenvalue weighted by Gasteiger charge is 2.32. The summed E-state index contributed by atoms with van der Waals surface area (Å²) in [5.74, 6) is 0.541. The molecule has 1 N–H and O–H groups in total. The molecule has 0 unspecified atom stereocenters. The van der Waals surface area contributed by atoms with Crippen LogP contribution >= 0.6 is 0 Å². The molecule has 30 heavy (non-hydrogen) atoms. The molecule has 1 aromatic carbocycles. The summed E-state index contributed by atoms with van der Waals surface area (Å²) < 4.78 is 40.2. The minimum atomic E-state index is -0.539. The summed E-state index contributed by atoms with van der Waals surface area (Å²) in [6.45, 7) is 3.64. The summed E-state index contributed by atoms with van der Waals surface area (Å²) in [5.41, 5.74) is 0.698. The molecule has 0 spiro atoms. The standard InChI is InChI=1S/C25H38F2O3/c1-2-3-4-5-20-16-29-25(30-17-20)21-10-8-18(9-11-21)6-7-19-14-23(26)22(12-13-28)24(27)15-19/h14-15,18,20-21,25,28H,2-13,16-17H2,1H3. The average molecular weight is 425 g/mol. The van der Waals surface area contributed by atoms with Gasteiger partial charge in [0.05, 0.1) is 13.2 Å². The molecule has 0 amide bonds. The van der Waals surface area contributed by atoms with Crippen LogP contribution in [0.25, 0.3) is 0 Å². The van der Waals surface area contributed by atoms with Crippen molar-refractivity contribution in [2.24, 2.45) is 17.8 Å². The normalized spacial score (nSPS) is 27.3. The van der Waals surface area contributed by atoms with Crippen LogP contribution in [0.5, 0.6) is 0 Å². The van der Waals surface area contributed by atoms with E-state index in [0.29, 0.717) is 29.7 Å². The first kappa shape index (κ1) is 23.6. The van der Waals surface area contributed by atoms with Crippen LogP contribution < -0.4 is 0 Å². The molecule has 3 rings (SSSR count). The van der Waals surface area contributed by atoms with E-state index in [2.05, 4.69) is 6.92 Å². The minimum Gasteiger partial charge on any atom is -0.396 e. The quantitative estimate of drug-likeness (QED) is 0.482. The van der Waals surface area contributed by atoms with Gasteiger partial charge in [0.25, 0.3) is 0 Å². The SMILES string of the molecule is CCCCCC1COC(C2CCC(CCc3cc(F)c(CCO)c(F)c3)CC2)OC1. The van der Waals surface area contributed by atoms with Crippen LogP contribution in [0.2, 0.25) is 0 Å². The molecule has 170 valence electrons. The fraction of sp³-hybridized carbons (Fsp3) is 0.760. The Hall–Kier alpha value is -1.04. The molecule has 3 nitrogen and oxygen atoms in total. The second-order valence-corrected chi connectivity index (χ2v) is 9.23. The molecular weight excluding hydrogens is 386 g/mol. The molecular formula is C25H38F2O3. The fourth-order valence-corrected chi connectivity index (χ4v) is 4.95. The highest BCUT2D eigenvalue weighted by atomic mass is 19.1. The molecule has 5 heteroatoms. The Morgan fingerprint density at radius 3 is 2.17 bits per heavy atom. The largest absolute Gasteiger partial charge is 0.396 e. The van der Waals surface area contributed by atoms with Crippen LogP contribution in [-0.4, -0.2) is 31.2 Å². The van der Waals surface area contributed by atoms with Crippen LogP contribution in [0.1, 0.15) is 75.8 Å². The van der Waals surface area contributed by atoms with Crippen LogP contribution in [0.15, 0.2) is 12.1 Å². The van der Waals surface area contributed by atoms with Crippen molar-refractivity contribution in [3.8, 4) is 0 Å². The molecule has 1 aliphatic carbocycles. The summed E-state index contributed by atoms with van der Waals surface area (Å²) in [5, 5.41) is 8.93. The van der Waals surface area contributed by atoms with Crippen molar-refractivity contribution in [1.82, 2.24) is 0 Å². The van der Waals surface area contributed by atoms with Crippen LogP contribution in [0.4, 0.5) is 8.78 Å². The van der Waals surface area contributed by atoms with Gasteiger partial charge in [0.1, 0.15) is 11.6 Å². The first-order chi connectivity index (χ1) is 14.6. The van der Waals surface area contributed by atoms with E-state index >= 15 is 0 Å². The van der Waals surface area contributed by atoms with Gasteiger partial charge in [-0.25, -0.2) is 8.78 Å². The highest BCUT2D eigenvalue weighted by Crippen LogP contribution is 2.36. The third-order valence-electron chi connectivity index (χ3n) is 6.89. The van der Waals surface area contributed by atoms with E-state index in [1.807, 2.05) is 0 Å². The molecule has 2 fully saturated rings. The number of halogens is 2. The molecule has 2 aliphatic rings. The smallest absolute Gasteiger partial charge is 0.160 e. The Morgan fingerprint density at radius 2 is 1.57 bits per heavy atom. The van der Waals surface area contributed by atoms with Gasteiger partial charge >= 0.3 is 0 Å². The predicted molar refractivity (Wildman–Crippen MR) is 114 cm³/mol. The number of aliphatic hydroxyl groups excluding tert-OH is 1. The van der Waals surface area contributed by atoms with E-state index in [-0.39, 0.29) is 24.9 Å². The third kappa shape index (κ3) is 6.73. The van der Waals surface area contributed by atoms with Gasteiger partial charge in [-0.1, -0.05) is 26.2 Å². The Balaban J connectivity index is 1.37. The van der Waals surface area contributed by atoms with Gasteiger partial charge in [0, 0.05) is 30.4 Å². The first-order valence-corrected chi connectivity index (χ1v) is 11.9. The van der Waals surface area contributed by atoms with E-state index in [4.69, 9.17) is 14.6 Å². The zero-order valence-electron chi connectivity index (χ0n) is 18.4. The third-order valence-corrected chi connectivity index (χ3v) is 6.89. The van der Waals surface area contributed by atoms with Crippen molar-refractivity contribution in [3.63, 3.8) is 0 Å². The van der Waals surface area contributed by atoms with Gasteiger partial charge in [-0.3, -0.25) is 0 Å². The van der Waals surface area contributed by atoms with Crippen LogP contribution in [-0.2, 0) is 22.3 Å². The number of rotatable bonds is 10. The Morgan fingerprint density at radius 1 is 0.900 bits per heavy atom. The van der Waals surface area contributed by atoms with Gasteiger partial charge in [-0.15, -0.1) is 0 Å². The van der Waals surface area contributed by atoms with Crippen molar-refractivity contribution in [2.75, 3.05) is 19.8 Å². The molecule has 0 aromatic heterocycles. The Bertz CT molecular complexity index is 612.